The van der Waals surface area contributed by atoms with Crippen LogP contribution in [0.4, 0.5) is 5.69 Å². The molecule has 1 aromatic carbocycles. The number of anilines is 1. The van der Waals surface area contributed by atoms with E-state index in [1.54, 1.807) is 0 Å². The number of hydrogen-bond donors (Lipinski definition) is 2. The fourth-order valence-electron chi connectivity index (χ4n) is 2.06. The van der Waals surface area contributed by atoms with Gasteiger partial charge in [0.15, 0.2) is 0 Å². The van der Waals surface area contributed by atoms with Crippen molar-refractivity contribution < 1.29 is 9.53 Å². The molecule has 0 aliphatic rings. The number of carbonyl (C=O) groups is 1. The highest BCUT2D eigenvalue weighted by Gasteiger charge is 2.01. The van der Waals surface area contributed by atoms with Crippen molar-refractivity contribution in [2.45, 2.75) is 52.4 Å². The molecule has 0 fully saturated rings. The Morgan fingerprint density at radius 1 is 1.09 bits per heavy atom. The van der Waals surface area contributed by atoms with Crippen LogP contribution in [0.5, 0.6) is 5.75 Å². The maximum atomic E-state index is 11.6. The Labute approximate surface area is 134 Å². The Kier molecular flexibility index (Phi) is 9.92. The first kappa shape index (κ1) is 18.3. The third kappa shape index (κ3) is 8.55. The molecule has 1 rings (SSSR count). The fourth-order valence-corrected chi connectivity index (χ4v) is 2.06. The normalized spacial score (nSPS) is 10.3. The molecule has 0 atom stereocenters. The number of unbranched alkanes of at least 4 members (excludes halogenated alkanes) is 4. The smallest absolute Gasteiger partial charge is 0.239 e. The highest BCUT2D eigenvalue weighted by atomic mass is 16.5. The van der Waals surface area contributed by atoms with Crippen molar-refractivity contribution in [1.82, 2.24) is 5.32 Å². The minimum Gasteiger partial charge on any atom is -0.494 e. The first-order valence-corrected chi connectivity index (χ1v) is 8.49. The van der Waals surface area contributed by atoms with Crippen LogP contribution in [0.25, 0.3) is 0 Å². The largest absolute Gasteiger partial charge is 0.494 e. The third-order valence-electron chi connectivity index (χ3n) is 3.41. The highest BCUT2D eigenvalue weighted by molar-refractivity contribution is 5.80. The van der Waals surface area contributed by atoms with Crippen LogP contribution < -0.4 is 15.4 Å². The number of ether oxygens (including phenoxy) is 1. The lowest BCUT2D eigenvalue weighted by Gasteiger charge is -2.10. The van der Waals surface area contributed by atoms with E-state index in [4.69, 9.17) is 4.74 Å². The van der Waals surface area contributed by atoms with Crippen LogP contribution in [0.3, 0.4) is 0 Å². The van der Waals surface area contributed by atoms with Gasteiger partial charge in [-0.05, 0) is 25.0 Å². The van der Waals surface area contributed by atoms with Gasteiger partial charge in [0.1, 0.15) is 5.75 Å². The summed E-state index contributed by atoms with van der Waals surface area (Å²) in [5.74, 6) is 0.882. The summed E-state index contributed by atoms with van der Waals surface area (Å²) in [5.41, 5.74) is 0.914. The predicted molar refractivity (Wildman–Crippen MR) is 92.5 cm³/mol. The fraction of sp³-hybridized carbons (Fsp3) is 0.611. The summed E-state index contributed by atoms with van der Waals surface area (Å²) in [7, 11) is 0. The Hall–Kier alpha value is -1.71. The first-order chi connectivity index (χ1) is 10.8. The van der Waals surface area contributed by atoms with Gasteiger partial charge >= 0.3 is 0 Å². The van der Waals surface area contributed by atoms with Crippen LogP contribution >= 0.6 is 0 Å². The second kappa shape index (κ2) is 11.9. The number of rotatable bonds is 12. The molecule has 0 aliphatic heterocycles. The van der Waals surface area contributed by atoms with E-state index in [2.05, 4.69) is 24.5 Å². The lowest BCUT2D eigenvalue weighted by atomic mass is 10.2. The van der Waals surface area contributed by atoms with Gasteiger partial charge in [-0.1, -0.05) is 45.6 Å². The second-order valence-electron chi connectivity index (χ2n) is 5.49. The van der Waals surface area contributed by atoms with Crippen LogP contribution in [0.2, 0.25) is 0 Å². The van der Waals surface area contributed by atoms with Gasteiger partial charge in [-0.25, -0.2) is 0 Å². The van der Waals surface area contributed by atoms with Crippen LogP contribution in [-0.2, 0) is 4.79 Å². The molecular formula is C18H30N2O2. The number of hydrogen-bond acceptors (Lipinski definition) is 3. The quantitative estimate of drug-likeness (QED) is 0.574. The monoisotopic (exact) mass is 306 g/mol. The molecule has 0 bridgehead atoms. The highest BCUT2D eigenvalue weighted by Crippen LogP contribution is 2.17. The van der Waals surface area contributed by atoms with E-state index in [-0.39, 0.29) is 5.91 Å². The summed E-state index contributed by atoms with van der Waals surface area (Å²) in [5, 5.41) is 6.02. The minimum absolute atomic E-state index is 0.0272. The topological polar surface area (TPSA) is 50.4 Å². The van der Waals surface area contributed by atoms with Crippen LogP contribution in [0.1, 0.15) is 52.4 Å². The zero-order chi connectivity index (χ0) is 16.0. The lowest BCUT2D eigenvalue weighted by Crippen LogP contribution is -2.30. The van der Waals surface area contributed by atoms with Gasteiger partial charge in [0.2, 0.25) is 5.91 Å². The Bertz CT molecular complexity index is 421. The molecule has 124 valence electrons. The van der Waals surface area contributed by atoms with Crippen LogP contribution in [0.15, 0.2) is 24.3 Å². The summed E-state index contributed by atoms with van der Waals surface area (Å²) in [6.45, 7) is 6.11. The van der Waals surface area contributed by atoms with Gasteiger partial charge in [-0.2, -0.15) is 0 Å². The molecule has 0 saturated carbocycles. The summed E-state index contributed by atoms with van der Waals surface area (Å²) < 4.78 is 5.74. The molecular weight excluding hydrogens is 276 g/mol. The van der Waals surface area contributed by atoms with Crippen molar-refractivity contribution in [3.05, 3.63) is 24.3 Å². The summed E-state index contributed by atoms with van der Waals surface area (Å²) in [4.78, 5) is 11.6. The van der Waals surface area contributed by atoms with Crippen molar-refractivity contribution in [3.63, 3.8) is 0 Å². The third-order valence-corrected chi connectivity index (χ3v) is 3.41. The van der Waals surface area contributed by atoms with E-state index in [0.29, 0.717) is 6.54 Å². The van der Waals surface area contributed by atoms with E-state index in [1.807, 2.05) is 24.3 Å². The zero-order valence-electron chi connectivity index (χ0n) is 14.0. The SMILES string of the molecule is CCCCCCOc1cccc(NCC(=O)NCCCC)c1. The minimum atomic E-state index is 0.0272. The summed E-state index contributed by atoms with van der Waals surface area (Å²) in [6, 6.07) is 7.79. The summed E-state index contributed by atoms with van der Waals surface area (Å²) in [6.07, 6.45) is 6.91. The average molecular weight is 306 g/mol. The molecule has 0 radical (unpaired) electrons. The molecule has 0 aliphatic carbocycles. The van der Waals surface area contributed by atoms with Gasteiger partial charge < -0.3 is 15.4 Å². The Balaban J connectivity index is 2.26. The van der Waals surface area contributed by atoms with Crippen molar-refractivity contribution in [2.75, 3.05) is 25.0 Å². The van der Waals surface area contributed by atoms with Gasteiger partial charge in [-0.15, -0.1) is 0 Å². The molecule has 1 aromatic rings. The average Bonchev–Trinajstić information content (AvgIpc) is 2.53. The van der Waals surface area contributed by atoms with E-state index in [0.717, 1.165) is 43.9 Å². The van der Waals surface area contributed by atoms with E-state index < -0.39 is 0 Å². The van der Waals surface area contributed by atoms with Crippen LogP contribution in [-0.4, -0.2) is 25.6 Å². The molecule has 1 amide bonds. The zero-order valence-corrected chi connectivity index (χ0v) is 14.0. The number of nitrogens with one attached hydrogen (secondary N) is 2. The standard InChI is InChI=1S/C18H30N2O2/c1-3-5-7-8-13-22-17-11-9-10-16(14-17)20-15-18(21)19-12-6-4-2/h9-11,14,20H,3-8,12-13,15H2,1-2H3,(H,19,21). The van der Waals surface area contributed by atoms with Crippen LogP contribution in [0, 0.1) is 0 Å². The molecule has 0 saturated heterocycles. The van der Waals surface area contributed by atoms with Gasteiger partial charge in [0.05, 0.1) is 13.2 Å². The number of benzene rings is 1. The molecule has 4 heteroatoms. The van der Waals surface area contributed by atoms with E-state index in [1.165, 1.54) is 19.3 Å². The number of carbonyl (C=O) groups excluding carboxylic acids is 1. The summed E-state index contributed by atoms with van der Waals surface area (Å²) >= 11 is 0. The van der Waals surface area contributed by atoms with Crippen molar-refractivity contribution in [2.24, 2.45) is 0 Å². The molecule has 2 N–H and O–H groups in total. The van der Waals surface area contributed by atoms with Gasteiger partial charge in [0.25, 0.3) is 0 Å². The van der Waals surface area contributed by atoms with Gasteiger partial charge in [0, 0.05) is 18.3 Å². The van der Waals surface area contributed by atoms with E-state index >= 15 is 0 Å². The number of amides is 1. The molecule has 0 spiro atoms. The van der Waals surface area contributed by atoms with Crippen molar-refractivity contribution in [1.29, 1.82) is 0 Å². The Morgan fingerprint density at radius 3 is 2.68 bits per heavy atom. The molecule has 0 unspecified atom stereocenters. The molecule has 22 heavy (non-hydrogen) atoms. The molecule has 0 heterocycles. The van der Waals surface area contributed by atoms with E-state index in [9.17, 15) is 4.79 Å². The Morgan fingerprint density at radius 2 is 1.91 bits per heavy atom. The van der Waals surface area contributed by atoms with Gasteiger partial charge in [-0.3, -0.25) is 4.79 Å². The van der Waals surface area contributed by atoms with Crippen molar-refractivity contribution in [3.8, 4) is 5.75 Å². The lowest BCUT2D eigenvalue weighted by molar-refractivity contribution is -0.119. The van der Waals surface area contributed by atoms with Crippen molar-refractivity contribution >= 4 is 11.6 Å². The molecule has 4 nitrogen and oxygen atoms in total. The first-order valence-electron chi connectivity index (χ1n) is 8.49. The second-order valence-corrected chi connectivity index (χ2v) is 5.49. The molecule has 0 aromatic heterocycles. The maximum Gasteiger partial charge on any atom is 0.239 e. The maximum absolute atomic E-state index is 11.6. The predicted octanol–water partition coefficient (Wildman–Crippen LogP) is 3.97.